The van der Waals surface area contributed by atoms with Gasteiger partial charge >= 0.3 is 12.1 Å². The summed E-state index contributed by atoms with van der Waals surface area (Å²) in [4.78, 5) is 25.5. The minimum atomic E-state index is -0.645. The zero-order valence-corrected chi connectivity index (χ0v) is 21.6. The quantitative estimate of drug-likeness (QED) is 0.226. The molecule has 0 atom stereocenters. The van der Waals surface area contributed by atoms with Crippen molar-refractivity contribution in [3.8, 4) is 16.9 Å². The second-order valence-electron chi connectivity index (χ2n) is 10.7. The van der Waals surface area contributed by atoms with Gasteiger partial charge in [-0.15, -0.1) is 0 Å². The van der Waals surface area contributed by atoms with Crippen molar-refractivity contribution in [2.75, 3.05) is 0 Å². The molecule has 0 amide bonds. The summed E-state index contributed by atoms with van der Waals surface area (Å²) in [5.74, 6) is -0.406. The van der Waals surface area contributed by atoms with Gasteiger partial charge in [-0.1, -0.05) is 18.2 Å². The molecule has 4 rings (SSSR count). The Kier molecular flexibility index (Phi) is 6.63. The van der Waals surface area contributed by atoms with E-state index in [4.69, 9.17) is 9.47 Å². The average Bonchev–Trinajstić information content (AvgIpc) is 3.43. The van der Waals surface area contributed by atoms with Crippen molar-refractivity contribution in [1.82, 2.24) is 9.13 Å². The van der Waals surface area contributed by atoms with Crippen molar-refractivity contribution in [1.29, 1.82) is 0 Å². The Morgan fingerprint density at radius 3 is 2.17 bits per heavy atom. The predicted molar refractivity (Wildman–Crippen MR) is 143 cm³/mol. The van der Waals surface area contributed by atoms with Gasteiger partial charge in [-0.05, 0) is 95.6 Å². The van der Waals surface area contributed by atoms with E-state index in [0.29, 0.717) is 0 Å². The maximum atomic E-state index is 13.3. The second kappa shape index (κ2) is 9.53. The fourth-order valence-corrected chi connectivity index (χ4v) is 3.89. The van der Waals surface area contributed by atoms with E-state index in [0.717, 1.165) is 33.4 Å². The molecule has 0 N–H and O–H groups in total. The number of aromatic nitrogens is 2. The lowest BCUT2D eigenvalue weighted by molar-refractivity contribution is -0.148. The van der Waals surface area contributed by atoms with Crippen LogP contribution in [0.1, 0.15) is 47.1 Å². The molecule has 0 aliphatic heterocycles. The van der Waals surface area contributed by atoms with Crippen LogP contribution in [0, 0.1) is 0 Å². The van der Waals surface area contributed by atoms with E-state index in [1.807, 2.05) is 119 Å². The van der Waals surface area contributed by atoms with Crippen LogP contribution in [0.15, 0.2) is 79.1 Å². The van der Waals surface area contributed by atoms with Gasteiger partial charge in [0.15, 0.2) is 0 Å². The Bertz CT molecular complexity index is 1430. The minimum Gasteiger partial charge on any atom is -0.457 e. The summed E-state index contributed by atoms with van der Waals surface area (Å²) in [6, 6.07) is 19.6. The van der Waals surface area contributed by atoms with Crippen molar-refractivity contribution < 1.29 is 19.1 Å². The summed E-state index contributed by atoms with van der Waals surface area (Å²) in [5, 5.41) is 0.855. The molecule has 2 aromatic carbocycles. The molecule has 0 aliphatic carbocycles. The van der Waals surface area contributed by atoms with Crippen LogP contribution in [0.2, 0.25) is 0 Å². The predicted octanol–water partition coefficient (Wildman–Crippen LogP) is 7.24. The molecule has 0 bridgehead atoms. The van der Waals surface area contributed by atoms with E-state index in [9.17, 15) is 9.59 Å². The zero-order valence-electron chi connectivity index (χ0n) is 21.6. The molecule has 36 heavy (non-hydrogen) atoms. The summed E-state index contributed by atoms with van der Waals surface area (Å²) in [6.07, 6.45) is 6.64. The van der Waals surface area contributed by atoms with Gasteiger partial charge in [0.1, 0.15) is 11.2 Å². The van der Waals surface area contributed by atoms with Crippen LogP contribution in [-0.4, -0.2) is 32.4 Å². The molecule has 186 valence electrons. The van der Waals surface area contributed by atoms with E-state index in [1.54, 1.807) is 10.6 Å². The lowest BCUT2D eigenvalue weighted by atomic mass is 10.1. The first-order valence-corrected chi connectivity index (χ1v) is 11.9. The molecule has 4 aromatic rings. The molecule has 6 nitrogen and oxygen atoms in total. The van der Waals surface area contributed by atoms with Gasteiger partial charge in [0.2, 0.25) is 0 Å². The molecule has 0 fully saturated rings. The van der Waals surface area contributed by atoms with E-state index < -0.39 is 23.3 Å². The second-order valence-corrected chi connectivity index (χ2v) is 10.7. The maximum Gasteiger partial charge on any atom is 0.419 e. The molecule has 2 heterocycles. The third-order valence-corrected chi connectivity index (χ3v) is 5.26. The Balaban J connectivity index is 1.78. The molecular formula is C30H32N2O4. The van der Waals surface area contributed by atoms with E-state index in [1.165, 1.54) is 6.08 Å². The number of esters is 1. The van der Waals surface area contributed by atoms with Gasteiger partial charge in [0.25, 0.3) is 0 Å². The third kappa shape index (κ3) is 5.95. The van der Waals surface area contributed by atoms with E-state index in [2.05, 4.69) is 0 Å². The summed E-state index contributed by atoms with van der Waals surface area (Å²) >= 11 is 0. The van der Waals surface area contributed by atoms with Crippen molar-refractivity contribution >= 4 is 29.0 Å². The van der Waals surface area contributed by atoms with Gasteiger partial charge < -0.3 is 14.0 Å². The Morgan fingerprint density at radius 2 is 1.50 bits per heavy atom. The smallest absolute Gasteiger partial charge is 0.419 e. The van der Waals surface area contributed by atoms with Crippen LogP contribution in [-0.2, 0) is 14.3 Å². The van der Waals surface area contributed by atoms with Gasteiger partial charge in [0.05, 0.1) is 11.2 Å². The third-order valence-electron chi connectivity index (χ3n) is 5.26. The molecule has 0 spiro atoms. The van der Waals surface area contributed by atoms with Crippen molar-refractivity contribution in [3.63, 3.8) is 0 Å². The van der Waals surface area contributed by atoms with Crippen LogP contribution in [0.3, 0.4) is 0 Å². The number of carbonyl (C=O) groups excluding carboxylic acids is 2. The largest absolute Gasteiger partial charge is 0.457 e. The highest BCUT2D eigenvalue weighted by atomic mass is 16.6. The SMILES string of the molecule is CC(C)(C)OC(=O)/C=C/c1ccc2c(c1)cc(-c1cccc(-n3cccc3)c1)n2C(=O)OC(C)(C)C. The van der Waals surface area contributed by atoms with Gasteiger partial charge in [0, 0.05) is 35.1 Å². The van der Waals surface area contributed by atoms with Gasteiger partial charge in [-0.3, -0.25) is 0 Å². The van der Waals surface area contributed by atoms with Gasteiger partial charge in [-0.2, -0.15) is 0 Å². The molecule has 0 saturated carbocycles. The number of fused-ring (bicyclic) bond motifs is 1. The molecule has 0 aliphatic rings. The summed E-state index contributed by atoms with van der Waals surface area (Å²) in [7, 11) is 0. The standard InChI is InChI=1S/C30H32N2O4/c1-29(2,3)35-27(33)15-13-21-12-14-25-23(18-21)20-26(32(25)28(34)36-30(4,5)6)22-10-9-11-24(19-22)31-16-7-8-17-31/h7-20H,1-6H3/b15-13+. The summed E-state index contributed by atoms with van der Waals surface area (Å²) in [6.45, 7) is 11.0. The number of hydrogen-bond acceptors (Lipinski definition) is 4. The number of nitrogens with zero attached hydrogens (tertiary/aromatic N) is 2. The molecule has 0 radical (unpaired) electrons. The molecule has 0 saturated heterocycles. The Hall–Kier alpha value is -4.06. The first-order chi connectivity index (χ1) is 16.9. The number of rotatable bonds is 4. The van der Waals surface area contributed by atoms with Crippen LogP contribution < -0.4 is 0 Å². The van der Waals surface area contributed by atoms with Crippen LogP contribution >= 0.6 is 0 Å². The monoisotopic (exact) mass is 484 g/mol. The summed E-state index contributed by atoms with van der Waals surface area (Å²) < 4.78 is 14.7. The highest BCUT2D eigenvalue weighted by Crippen LogP contribution is 2.31. The highest BCUT2D eigenvalue weighted by Gasteiger charge is 2.23. The van der Waals surface area contributed by atoms with E-state index >= 15 is 0 Å². The Labute approximate surface area is 211 Å². The van der Waals surface area contributed by atoms with Gasteiger partial charge in [-0.25, -0.2) is 14.2 Å². The first-order valence-electron chi connectivity index (χ1n) is 11.9. The highest BCUT2D eigenvalue weighted by molar-refractivity contribution is 5.97. The number of hydrogen-bond donors (Lipinski definition) is 0. The number of benzene rings is 2. The van der Waals surface area contributed by atoms with Crippen molar-refractivity contribution in [2.24, 2.45) is 0 Å². The topological polar surface area (TPSA) is 62.5 Å². The van der Waals surface area contributed by atoms with Crippen LogP contribution in [0.5, 0.6) is 0 Å². The zero-order chi connectivity index (χ0) is 26.1. The minimum absolute atomic E-state index is 0.406. The van der Waals surface area contributed by atoms with Crippen LogP contribution in [0.4, 0.5) is 4.79 Å². The molecular weight excluding hydrogens is 452 g/mol. The Morgan fingerprint density at radius 1 is 0.806 bits per heavy atom. The fourth-order valence-electron chi connectivity index (χ4n) is 3.89. The lowest BCUT2D eigenvalue weighted by Gasteiger charge is -2.21. The fraction of sp³-hybridized carbons (Fsp3) is 0.267. The summed E-state index contributed by atoms with van der Waals surface area (Å²) in [5.41, 5.74) is 2.94. The first kappa shape index (κ1) is 25.0. The average molecular weight is 485 g/mol. The molecule has 6 heteroatoms. The molecule has 0 unspecified atom stereocenters. The van der Waals surface area contributed by atoms with Crippen molar-refractivity contribution in [3.05, 3.63) is 84.7 Å². The van der Waals surface area contributed by atoms with Crippen LogP contribution in [0.25, 0.3) is 33.9 Å². The number of ether oxygens (including phenoxy) is 2. The lowest BCUT2D eigenvalue weighted by Crippen LogP contribution is -2.27. The number of carbonyl (C=O) groups is 2. The van der Waals surface area contributed by atoms with Crippen molar-refractivity contribution in [2.45, 2.75) is 52.7 Å². The molecule has 2 aromatic heterocycles. The normalized spacial score (nSPS) is 12.3. The maximum absolute atomic E-state index is 13.3. The van der Waals surface area contributed by atoms with E-state index in [-0.39, 0.29) is 0 Å².